The first kappa shape index (κ1) is 19.4. The summed E-state index contributed by atoms with van der Waals surface area (Å²) in [6.45, 7) is 5.87. The SMILES string of the molecule is CN=C(NCCCCCc1ccccc1)N1CCN(Cc2ccon2)CC1. The van der Waals surface area contributed by atoms with Gasteiger partial charge >= 0.3 is 0 Å². The molecule has 2 heterocycles. The lowest BCUT2D eigenvalue weighted by Gasteiger charge is -2.36. The molecule has 146 valence electrons. The van der Waals surface area contributed by atoms with Gasteiger partial charge in [0.2, 0.25) is 0 Å². The second-order valence-electron chi connectivity index (χ2n) is 7.02. The van der Waals surface area contributed by atoms with Crippen LogP contribution in [-0.4, -0.2) is 60.7 Å². The van der Waals surface area contributed by atoms with Crippen LogP contribution in [0.2, 0.25) is 0 Å². The summed E-state index contributed by atoms with van der Waals surface area (Å²) in [4.78, 5) is 9.22. The van der Waals surface area contributed by atoms with E-state index >= 15 is 0 Å². The van der Waals surface area contributed by atoms with Crippen LogP contribution in [-0.2, 0) is 13.0 Å². The third-order valence-corrected chi connectivity index (χ3v) is 5.03. The Balaban J connectivity index is 1.29. The lowest BCUT2D eigenvalue weighted by atomic mass is 10.1. The maximum atomic E-state index is 4.91. The first-order valence-electron chi connectivity index (χ1n) is 9.96. The number of aliphatic imine (C=N–C) groups is 1. The lowest BCUT2D eigenvalue weighted by molar-refractivity contribution is 0.169. The van der Waals surface area contributed by atoms with E-state index in [2.05, 4.69) is 55.6 Å². The van der Waals surface area contributed by atoms with Crippen molar-refractivity contribution < 1.29 is 4.52 Å². The normalized spacial score (nSPS) is 15.9. The molecule has 6 heteroatoms. The highest BCUT2D eigenvalue weighted by molar-refractivity contribution is 5.79. The highest BCUT2D eigenvalue weighted by Crippen LogP contribution is 2.08. The van der Waals surface area contributed by atoms with Gasteiger partial charge < -0.3 is 14.7 Å². The fourth-order valence-electron chi connectivity index (χ4n) is 3.47. The smallest absolute Gasteiger partial charge is 0.193 e. The van der Waals surface area contributed by atoms with E-state index in [1.807, 2.05) is 13.1 Å². The van der Waals surface area contributed by atoms with E-state index in [-0.39, 0.29) is 0 Å². The molecule has 1 aromatic carbocycles. The highest BCUT2D eigenvalue weighted by atomic mass is 16.5. The minimum absolute atomic E-state index is 0.859. The Bertz CT molecular complexity index is 663. The molecule has 3 rings (SSSR count). The molecule has 0 atom stereocenters. The van der Waals surface area contributed by atoms with Gasteiger partial charge in [-0.15, -0.1) is 0 Å². The van der Waals surface area contributed by atoms with E-state index in [1.165, 1.54) is 31.2 Å². The average Bonchev–Trinajstić information content (AvgIpc) is 3.22. The van der Waals surface area contributed by atoms with E-state index in [0.717, 1.165) is 50.9 Å². The van der Waals surface area contributed by atoms with Crippen LogP contribution in [0.25, 0.3) is 0 Å². The van der Waals surface area contributed by atoms with E-state index < -0.39 is 0 Å². The van der Waals surface area contributed by atoms with Crippen molar-refractivity contribution in [1.29, 1.82) is 0 Å². The number of aryl methyl sites for hydroxylation is 1. The van der Waals surface area contributed by atoms with E-state index in [1.54, 1.807) is 6.26 Å². The summed E-state index contributed by atoms with van der Waals surface area (Å²) in [6, 6.07) is 12.7. The predicted molar refractivity (Wildman–Crippen MR) is 109 cm³/mol. The molecule has 2 aromatic rings. The van der Waals surface area contributed by atoms with Gasteiger partial charge in [-0.1, -0.05) is 41.9 Å². The Labute approximate surface area is 162 Å². The van der Waals surface area contributed by atoms with Crippen molar-refractivity contribution in [3.05, 3.63) is 53.9 Å². The molecule has 0 aliphatic carbocycles. The van der Waals surface area contributed by atoms with Gasteiger partial charge in [-0.05, 0) is 24.8 Å². The quantitative estimate of drug-likeness (QED) is 0.440. The van der Waals surface area contributed by atoms with E-state index in [9.17, 15) is 0 Å². The minimum atomic E-state index is 0.859. The van der Waals surface area contributed by atoms with Crippen molar-refractivity contribution in [2.75, 3.05) is 39.8 Å². The molecule has 0 radical (unpaired) electrons. The molecular weight excluding hydrogens is 338 g/mol. The zero-order valence-corrected chi connectivity index (χ0v) is 16.3. The van der Waals surface area contributed by atoms with Crippen LogP contribution in [0.15, 0.2) is 52.2 Å². The number of nitrogens with zero attached hydrogens (tertiary/aromatic N) is 4. The minimum Gasteiger partial charge on any atom is -0.364 e. The number of piperazine rings is 1. The number of nitrogens with one attached hydrogen (secondary N) is 1. The molecule has 1 aliphatic heterocycles. The highest BCUT2D eigenvalue weighted by Gasteiger charge is 2.19. The fourth-order valence-corrected chi connectivity index (χ4v) is 3.47. The number of benzene rings is 1. The number of aromatic nitrogens is 1. The second-order valence-corrected chi connectivity index (χ2v) is 7.02. The fraction of sp³-hybridized carbons (Fsp3) is 0.524. The Hall–Kier alpha value is -2.34. The van der Waals surface area contributed by atoms with Crippen molar-refractivity contribution in [3.8, 4) is 0 Å². The van der Waals surface area contributed by atoms with Crippen LogP contribution in [0.1, 0.15) is 30.5 Å². The summed E-state index contributed by atoms with van der Waals surface area (Å²) in [7, 11) is 1.87. The van der Waals surface area contributed by atoms with Crippen LogP contribution in [0, 0.1) is 0 Å². The number of unbranched alkanes of at least 4 members (excludes halogenated alkanes) is 2. The topological polar surface area (TPSA) is 56.9 Å². The molecule has 1 aliphatic rings. The van der Waals surface area contributed by atoms with Crippen molar-refractivity contribution in [2.45, 2.75) is 32.2 Å². The number of hydrogen-bond donors (Lipinski definition) is 1. The van der Waals surface area contributed by atoms with Crippen LogP contribution < -0.4 is 5.32 Å². The van der Waals surface area contributed by atoms with Gasteiger partial charge in [-0.25, -0.2) is 0 Å². The maximum Gasteiger partial charge on any atom is 0.193 e. The third-order valence-electron chi connectivity index (χ3n) is 5.03. The zero-order valence-electron chi connectivity index (χ0n) is 16.3. The largest absolute Gasteiger partial charge is 0.364 e. The Morgan fingerprint density at radius 2 is 1.89 bits per heavy atom. The molecule has 0 amide bonds. The van der Waals surface area contributed by atoms with Crippen molar-refractivity contribution in [3.63, 3.8) is 0 Å². The molecule has 1 N–H and O–H groups in total. The first-order valence-corrected chi connectivity index (χ1v) is 9.96. The van der Waals surface area contributed by atoms with E-state index in [4.69, 9.17) is 4.52 Å². The summed E-state index contributed by atoms with van der Waals surface area (Å²) in [5, 5.41) is 7.53. The van der Waals surface area contributed by atoms with Crippen LogP contribution >= 0.6 is 0 Å². The van der Waals surface area contributed by atoms with Crippen LogP contribution in [0.4, 0.5) is 0 Å². The molecule has 6 nitrogen and oxygen atoms in total. The maximum absolute atomic E-state index is 4.91. The first-order chi connectivity index (χ1) is 13.3. The van der Waals surface area contributed by atoms with Gasteiger partial charge in [0, 0.05) is 52.4 Å². The average molecular weight is 370 g/mol. The Kier molecular flexibility index (Phi) is 7.71. The van der Waals surface area contributed by atoms with Crippen LogP contribution in [0.3, 0.4) is 0 Å². The van der Waals surface area contributed by atoms with Gasteiger partial charge in [0.15, 0.2) is 5.96 Å². The van der Waals surface area contributed by atoms with Crippen LogP contribution in [0.5, 0.6) is 0 Å². The molecule has 1 aromatic heterocycles. The standard InChI is InChI=1S/C21H31N5O/c1-22-21(23-12-7-3-6-10-19-8-4-2-5-9-19)26-15-13-25(14-16-26)18-20-11-17-27-24-20/h2,4-5,8-9,11,17H,3,6-7,10,12-16,18H2,1H3,(H,22,23). The van der Waals surface area contributed by atoms with Gasteiger partial charge in [0.1, 0.15) is 6.26 Å². The molecule has 0 bridgehead atoms. The summed E-state index contributed by atoms with van der Waals surface area (Å²) < 4.78 is 4.91. The molecular formula is C21H31N5O. The summed E-state index contributed by atoms with van der Waals surface area (Å²) in [5.41, 5.74) is 2.44. The monoisotopic (exact) mass is 369 g/mol. The number of rotatable bonds is 8. The second kappa shape index (κ2) is 10.7. The Morgan fingerprint density at radius 1 is 1.07 bits per heavy atom. The van der Waals surface area contributed by atoms with Gasteiger partial charge in [0.05, 0.1) is 5.69 Å². The Morgan fingerprint density at radius 3 is 2.59 bits per heavy atom. The summed E-state index contributed by atoms with van der Waals surface area (Å²) in [5.74, 6) is 1.03. The molecule has 0 saturated carbocycles. The lowest BCUT2D eigenvalue weighted by Crippen LogP contribution is -2.52. The summed E-state index contributed by atoms with van der Waals surface area (Å²) in [6.07, 6.45) is 6.47. The molecule has 1 saturated heterocycles. The molecule has 27 heavy (non-hydrogen) atoms. The number of hydrogen-bond acceptors (Lipinski definition) is 4. The molecule has 1 fully saturated rings. The third kappa shape index (κ3) is 6.40. The van der Waals surface area contributed by atoms with Crippen molar-refractivity contribution in [2.24, 2.45) is 4.99 Å². The van der Waals surface area contributed by atoms with Crippen molar-refractivity contribution >= 4 is 5.96 Å². The van der Waals surface area contributed by atoms with E-state index in [0.29, 0.717) is 0 Å². The summed E-state index contributed by atoms with van der Waals surface area (Å²) >= 11 is 0. The van der Waals surface area contributed by atoms with Gasteiger partial charge in [-0.3, -0.25) is 9.89 Å². The predicted octanol–water partition coefficient (Wildman–Crippen LogP) is 2.78. The molecule has 0 unspecified atom stereocenters. The van der Waals surface area contributed by atoms with Gasteiger partial charge in [-0.2, -0.15) is 0 Å². The molecule has 0 spiro atoms. The van der Waals surface area contributed by atoms with Gasteiger partial charge in [0.25, 0.3) is 0 Å². The van der Waals surface area contributed by atoms with Crippen molar-refractivity contribution in [1.82, 2.24) is 20.3 Å². The zero-order chi connectivity index (χ0) is 18.7. The number of guanidine groups is 1.